The Labute approximate surface area is 112 Å². The van der Waals surface area contributed by atoms with Gasteiger partial charge in [-0.2, -0.15) is 13.2 Å². The first-order valence-corrected chi connectivity index (χ1v) is 5.93. The van der Waals surface area contributed by atoms with Crippen LogP contribution in [0.5, 0.6) is 0 Å². The third-order valence-corrected chi connectivity index (χ3v) is 2.99. The van der Waals surface area contributed by atoms with Crippen LogP contribution in [0.2, 0.25) is 0 Å². The Morgan fingerprint density at radius 2 is 2.15 bits per heavy atom. The molecule has 0 unspecified atom stereocenters. The Balaban J connectivity index is 2.48. The quantitative estimate of drug-likeness (QED) is 0.662. The molecular formula is C11H12F3N3O3. The molecule has 110 valence electrons. The van der Waals surface area contributed by atoms with Crippen LogP contribution in [0.25, 0.3) is 0 Å². The van der Waals surface area contributed by atoms with E-state index < -0.39 is 22.5 Å². The Kier molecular flexibility index (Phi) is 3.80. The zero-order valence-corrected chi connectivity index (χ0v) is 10.3. The Bertz CT molecular complexity index is 517. The molecule has 0 saturated heterocycles. The highest BCUT2D eigenvalue weighted by molar-refractivity contribution is 5.64. The van der Waals surface area contributed by atoms with E-state index in [0.717, 1.165) is 12.8 Å². The van der Waals surface area contributed by atoms with Crippen molar-refractivity contribution >= 4 is 11.4 Å². The summed E-state index contributed by atoms with van der Waals surface area (Å²) in [4.78, 5) is 14.7. The monoisotopic (exact) mass is 291 g/mol. The minimum atomic E-state index is -4.67. The summed E-state index contributed by atoms with van der Waals surface area (Å²) >= 11 is 0. The molecule has 6 nitrogen and oxygen atoms in total. The van der Waals surface area contributed by atoms with Gasteiger partial charge in [-0.3, -0.25) is 10.1 Å². The lowest BCUT2D eigenvalue weighted by atomic mass is 10.2. The van der Waals surface area contributed by atoms with E-state index in [-0.39, 0.29) is 24.9 Å². The molecule has 1 heterocycles. The Hall–Kier alpha value is -1.90. The molecule has 1 aliphatic carbocycles. The number of aromatic nitrogens is 1. The predicted molar refractivity (Wildman–Crippen MR) is 63.3 cm³/mol. The van der Waals surface area contributed by atoms with E-state index in [2.05, 4.69) is 4.98 Å². The average Bonchev–Trinajstić information content (AvgIpc) is 3.18. The van der Waals surface area contributed by atoms with E-state index >= 15 is 0 Å². The van der Waals surface area contributed by atoms with Crippen LogP contribution in [0.3, 0.4) is 0 Å². The number of halogens is 3. The van der Waals surface area contributed by atoms with Gasteiger partial charge in [0.1, 0.15) is 17.6 Å². The number of hydrogen-bond acceptors (Lipinski definition) is 5. The van der Waals surface area contributed by atoms with Gasteiger partial charge in [-0.15, -0.1) is 0 Å². The van der Waals surface area contributed by atoms with Crippen molar-refractivity contribution in [2.45, 2.75) is 25.1 Å². The lowest BCUT2D eigenvalue weighted by Gasteiger charge is -2.23. The molecule has 1 saturated carbocycles. The fourth-order valence-electron chi connectivity index (χ4n) is 1.96. The second-order valence-electron chi connectivity index (χ2n) is 4.46. The van der Waals surface area contributed by atoms with Crippen molar-refractivity contribution < 1.29 is 23.2 Å². The zero-order valence-electron chi connectivity index (χ0n) is 10.3. The van der Waals surface area contributed by atoms with Crippen LogP contribution in [-0.2, 0) is 6.18 Å². The molecule has 2 rings (SSSR count). The van der Waals surface area contributed by atoms with E-state index in [9.17, 15) is 23.3 Å². The lowest BCUT2D eigenvalue weighted by Crippen LogP contribution is -2.30. The van der Waals surface area contributed by atoms with Crippen LogP contribution in [0.1, 0.15) is 18.5 Å². The number of alkyl halides is 3. The molecule has 9 heteroatoms. The molecule has 1 N–H and O–H groups in total. The third-order valence-electron chi connectivity index (χ3n) is 2.99. The maximum atomic E-state index is 12.7. The number of rotatable bonds is 5. The van der Waals surface area contributed by atoms with Crippen molar-refractivity contribution in [2.75, 3.05) is 18.1 Å². The van der Waals surface area contributed by atoms with Gasteiger partial charge in [0, 0.05) is 12.6 Å². The summed E-state index contributed by atoms with van der Waals surface area (Å²) in [6.07, 6.45) is -2.58. The van der Waals surface area contributed by atoms with E-state index in [4.69, 9.17) is 5.11 Å². The topological polar surface area (TPSA) is 79.5 Å². The third kappa shape index (κ3) is 2.98. The molecule has 0 radical (unpaired) electrons. The number of nitrogens with zero attached hydrogens (tertiary/aromatic N) is 3. The van der Waals surface area contributed by atoms with Gasteiger partial charge in [0.25, 0.3) is 0 Å². The van der Waals surface area contributed by atoms with Crippen LogP contribution in [-0.4, -0.2) is 34.2 Å². The van der Waals surface area contributed by atoms with Crippen LogP contribution >= 0.6 is 0 Å². The molecular weight excluding hydrogens is 279 g/mol. The van der Waals surface area contributed by atoms with Crippen LogP contribution in [0.15, 0.2) is 12.3 Å². The van der Waals surface area contributed by atoms with Gasteiger partial charge in [-0.25, -0.2) is 4.98 Å². The molecule has 1 aliphatic rings. The molecule has 1 fully saturated rings. The summed E-state index contributed by atoms with van der Waals surface area (Å²) in [6.45, 7) is -0.246. The fourth-order valence-corrected chi connectivity index (χ4v) is 1.96. The molecule has 0 amide bonds. The van der Waals surface area contributed by atoms with E-state index in [1.165, 1.54) is 4.90 Å². The predicted octanol–water partition coefficient (Wildman–Crippen LogP) is 1.97. The number of pyridine rings is 1. The van der Waals surface area contributed by atoms with Crippen molar-refractivity contribution in [1.82, 2.24) is 4.98 Å². The second kappa shape index (κ2) is 5.23. The minimum Gasteiger partial charge on any atom is -0.395 e. The van der Waals surface area contributed by atoms with Gasteiger partial charge < -0.3 is 10.0 Å². The first-order chi connectivity index (χ1) is 9.34. The highest BCUT2D eigenvalue weighted by atomic mass is 19.4. The van der Waals surface area contributed by atoms with Crippen molar-refractivity contribution in [3.8, 4) is 0 Å². The molecule has 1 aromatic heterocycles. The molecule has 0 spiro atoms. The van der Waals surface area contributed by atoms with Crippen molar-refractivity contribution in [2.24, 2.45) is 0 Å². The molecule has 0 aromatic carbocycles. The number of anilines is 1. The molecule has 0 atom stereocenters. The smallest absolute Gasteiger partial charge is 0.395 e. The van der Waals surface area contributed by atoms with E-state index in [0.29, 0.717) is 12.3 Å². The summed E-state index contributed by atoms with van der Waals surface area (Å²) in [5, 5.41) is 19.9. The van der Waals surface area contributed by atoms with Crippen LogP contribution in [0, 0.1) is 10.1 Å². The maximum absolute atomic E-state index is 12.7. The largest absolute Gasteiger partial charge is 0.433 e. The Morgan fingerprint density at radius 1 is 1.50 bits per heavy atom. The first kappa shape index (κ1) is 14.5. The Morgan fingerprint density at radius 3 is 2.60 bits per heavy atom. The summed E-state index contributed by atoms with van der Waals surface area (Å²) in [5.74, 6) is 0. The van der Waals surface area contributed by atoms with Crippen LogP contribution < -0.4 is 4.90 Å². The second-order valence-corrected chi connectivity index (χ2v) is 4.46. The molecule has 0 bridgehead atoms. The van der Waals surface area contributed by atoms with Gasteiger partial charge in [0.2, 0.25) is 0 Å². The molecule has 1 aromatic rings. The summed E-state index contributed by atoms with van der Waals surface area (Å²) in [5.41, 5.74) is -1.81. The highest BCUT2D eigenvalue weighted by Gasteiger charge is 2.38. The van der Waals surface area contributed by atoms with Gasteiger partial charge in [0.15, 0.2) is 0 Å². The van der Waals surface area contributed by atoms with E-state index in [1.54, 1.807) is 0 Å². The number of aliphatic hydroxyl groups is 1. The molecule has 0 aliphatic heterocycles. The maximum Gasteiger partial charge on any atom is 0.433 e. The normalized spacial score (nSPS) is 15.2. The van der Waals surface area contributed by atoms with Crippen molar-refractivity contribution in [1.29, 1.82) is 0 Å². The molecule has 20 heavy (non-hydrogen) atoms. The number of aliphatic hydroxyl groups excluding tert-OH is 1. The number of hydrogen-bond donors (Lipinski definition) is 1. The SMILES string of the molecule is O=[N+]([O-])c1cnc(C(F)(F)F)cc1N(CCO)C1CC1. The van der Waals surface area contributed by atoms with Gasteiger partial charge in [0.05, 0.1) is 11.5 Å². The summed E-state index contributed by atoms with van der Waals surface area (Å²) in [6, 6.07) is 0.607. The van der Waals surface area contributed by atoms with Gasteiger partial charge in [-0.1, -0.05) is 0 Å². The summed E-state index contributed by atoms with van der Waals surface area (Å²) < 4.78 is 38.0. The zero-order chi connectivity index (χ0) is 14.9. The van der Waals surface area contributed by atoms with E-state index in [1.807, 2.05) is 0 Å². The minimum absolute atomic E-state index is 0.0484. The fraction of sp³-hybridized carbons (Fsp3) is 0.545. The lowest BCUT2D eigenvalue weighted by molar-refractivity contribution is -0.384. The number of nitro groups is 1. The van der Waals surface area contributed by atoms with Gasteiger partial charge >= 0.3 is 11.9 Å². The van der Waals surface area contributed by atoms with Gasteiger partial charge in [-0.05, 0) is 18.9 Å². The van der Waals surface area contributed by atoms with Crippen molar-refractivity contribution in [3.05, 3.63) is 28.1 Å². The standard InChI is InChI=1S/C11H12F3N3O3/c12-11(13,14)10-5-8(9(6-15-10)17(19)20)16(3-4-18)7-1-2-7/h5-7,18H,1-4H2. The average molecular weight is 291 g/mol. The highest BCUT2D eigenvalue weighted by Crippen LogP contribution is 2.39. The summed E-state index contributed by atoms with van der Waals surface area (Å²) in [7, 11) is 0. The first-order valence-electron chi connectivity index (χ1n) is 5.93. The van der Waals surface area contributed by atoms with Crippen LogP contribution in [0.4, 0.5) is 24.5 Å². The van der Waals surface area contributed by atoms with Crippen molar-refractivity contribution in [3.63, 3.8) is 0 Å².